The van der Waals surface area contributed by atoms with E-state index in [2.05, 4.69) is 37.5 Å². The second-order valence-electron chi connectivity index (χ2n) is 3.33. The first-order valence-corrected chi connectivity index (χ1v) is 7.08. The predicted octanol–water partition coefficient (Wildman–Crippen LogP) is 3.31. The third kappa shape index (κ3) is 2.93. The van der Waals surface area contributed by atoms with Crippen molar-refractivity contribution in [3.8, 4) is 10.8 Å². The molecule has 0 bridgehead atoms. The van der Waals surface area contributed by atoms with Gasteiger partial charge in [0.1, 0.15) is 5.15 Å². The molecule has 0 saturated heterocycles. The smallest absolute Gasteiger partial charge is 0.190 e. The number of aryl methyl sites for hydroxylation is 1. The van der Waals surface area contributed by atoms with Gasteiger partial charge in [0.15, 0.2) is 10.8 Å². The van der Waals surface area contributed by atoms with E-state index >= 15 is 0 Å². The van der Waals surface area contributed by atoms with Crippen molar-refractivity contribution in [2.75, 3.05) is 7.11 Å². The molecule has 0 aliphatic carbocycles. The SMILES string of the molecule is COCc1nc(-c2nc(C)cs2)nc(Cl)c1I. The molecule has 0 radical (unpaired) electrons. The molecule has 17 heavy (non-hydrogen) atoms. The van der Waals surface area contributed by atoms with E-state index in [1.54, 1.807) is 7.11 Å². The van der Waals surface area contributed by atoms with Crippen LogP contribution in [0.3, 0.4) is 0 Å². The Morgan fingerprint density at radius 3 is 2.76 bits per heavy atom. The fourth-order valence-electron chi connectivity index (χ4n) is 1.25. The topological polar surface area (TPSA) is 47.9 Å². The number of aromatic nitrogens is 3. The van der Waals surface area contributed by atoms with Gasteiger partial charge in [0, 0.05) is 18.2 Å². The third-order valence-electron chi connectivity index (χ3n) is 1.97. The molecule has 0 amide bonds. The number of methoxy groups -OCH3 is 1. The highest BCUT2D eigenvalue weighted by molar-refractivity contribution is 14.1. The molecule has 90 valence electrons. The fraction of sp³-hybridized carbons (Fsp3) is 0.300. The number of ether oxygens (including phenoxy) is 1. The van der Waals surface area contributed by atoms with Gasteiger partial charge >= 0.3 is 0 Å². The summed E-state index contributed by atoms with van der Waals surface area (Å²) in [6.07, 6.45) is 0. The predicted molar refractivity (Wildman–Crippen MR) is 76.3 cm³/mol. The van der Waals surface area contributed by atoms with Crippen molar-refractivity contribution in [1.82, 2.24) is 15.0 Å². The normalized spacial score (nSPS) is 10.8. The van der Waals surface area contributed by atoms with Crippen molar-refractivity contribution in [2.45, 2.75) is 13.5 Å². The molecule has 0 aliphatic rings. The first kappa shape index (κ1) is 13.1. The zero-order valence-corrected chi connectivity index (χ0v) is 12.9. The Labute approximate surface area is 122 Å². The lowest BCUT2D eigenvalue weighted by Gasteiger charge is -2.05. The summed E-state index contributed by atoms with van der Waals surface area (Å²) >= 11 is 9.70. The van der Waals surface area contributed by atoms with E-state index in [0.29, 0.717) is 17.6 Å². The Morgan fingerprint density at radius 2 is 2.18 bits per heavy atom. The lowest BCUT2D eigenvalue weighted by molar-refractivity contribution is 0.181. The van der Waals surface area contributed by atoms with Crippen LogP contribution in [0.2, 0.25) is 5.15 Å². The molecule has 0 N–H and O–H groups in total. The Balaban J connectivity index is 2.48. The Morgan fingerprint density at radius 1 is 1.41 bits per heavy atom. The van der Waals surface area contributed by atoms with Gasteiger partial charge in [-0.15, -0.1) is 11.3 Å². The van der Waals surface area contributed by atoms with E-state index in [1.165, 1.54) is 11.3 Å². The molecule has 2 aromatic heterocycles. The largest absolute Gasteiger partial charge is 0.378 e. The van der Waals surface area contributed by atoms with Gasteiger partial charge in [-0.05, 0) is 29.5 Å². The molecule has 0 saturated carbocycles. The molecular formula is C10H9ClIN3OS. The molecule has 4 nitrogen and oxygen atoms in total. The van der Waals surface area contributed by atoms with Crippen molar-refractivity contribution >= 4 is 45.5 Å². The van der Waals surface area contributed by atoms with E-state index < -0.39 is 0 Å². The van der Waals surface area contributed by atoms with Gasteiger partial charge in [-0.1, -0.05) is 11.6 Å². The highest BCUT2D eigenvalue weighted by Gasteiger charge is 2.13. The lowest BCUT2D eigenvalue weighted by atomic mass is 10.4. The lowest BCUT2D eigenvalue weighted by Crippen LogP contribution is -2.01. The summed E-state index contributed by atoms with van der Waals surface area (Å²) in [4.78, 5) is 13.0. The molecule has 2 rings (SSSR count). The van der Waals surface area contributed by atoms with Gasteiger partial charge in [-0.2, -0.15) is 0 Å². The van der Waals surface area contributed by atoms with Crippen LogP contribution in [0.4, 0.5) is 0 Å². The van der Waals surface area contributed by atoms with E-state index in [0.717, 1.165) is 20.0 Å². The van der Waals surface area contributed by atoms with Crippen molar-refractivity contribution in [1.29, 1.82) is 0 Å². The number of rotatable bonds is 3. The quantitative estimate of drug-likeness (QED) is 0.604. The van der Waals surface area contributed by atoms with E-state index in [4.69, 9.17) is 16.3 Å². The third-order valence-corrected chi connectivity index (χ3v) is 4.65. The molecule has 7 heteroatoms. The Hall–Kier alpha value is -0.310. The summed E-state index contributed by atoms with van der Waals surface area (Å²) in [5.74, 6) is 0.556. The van der Waals surface area contributed by atoms with Crippen LogP contribution in [0.1, 0.15) is 11.4 Å². The maximum atomic E-state index is 6.07. The van der Waals surface area contributed by atoms with Crippen LogP contribution in [-0.2, 0) is 11.3 Å². The highest BCUT2D eigenvalue weighted by Crippen LogP contribution is 2.26. The summed E-state index contributed by atoms with van der Waals surface area (Å²) in [6.45, 7) is 2.35. The highest BCUT2D eigenvalue weighted by atomic mass is 127. The van der Waals surface area contributed by atoms with Crippen LogP contribution in [-0.4, -0.2) is 22.1 Å². The molecule has 0 aliphatic heterocycles. The fourth-order valence-corrected chi connectivity index (χ4v) is 2.56. The van der Waals surface area contributed by atoms with Crippen LogP contribution in [0.5, 0.6) is 0 Å². The first-order valence-electron chi connectivity index (χ1n) is 4.75. The second kappa shape index (κ2) is 5.55. The summed E-state index contributed by atoms with van der Waals surface area (Å²) in [6, 6.07) is 0. The van der Waals surface area contributed by atoms with Crippen molar-refractivity contribution < 1.29 is 4.74 Å². The Bertz CT molecular complexity index is 546. The molecule has 0 aromatic carbocycles. The maximum absolute atomic E-state index is 6.07. The molecule has 0 unspecified atom stereocenters. The molecule has 0 fully saturated rings. The van der Waals surface area contributed by atoms with Crippen LogP contribution in [0.25, 0.3) is 10.8 Å². The van der Waals surface area contributed by atoms with E-state index in [9.17, 15) is 0 Å². The average molecular weight is 382 g/mol. The van der Waals surface area contributed by atoms with Gasteiger partial charge < -0.3 is 4.74 Å². The van der Waals surface area contributed by atoms with Gasteiger partial charge in [-0.25, -0.2) is 15.0 Å². The van der Waals surface area contributed by atoms with Crippen molar-refractivity contribution in [2.24, 2.45) is 0 Å². The zero-order valence-electron chi connectivity index (χ0n) is 9.20. The van der Waals surface area contributed by atoms with Crippen molar-refractivity contribution in [3.05, 3.63) is 25.5 Å². The van der Waals surface area contributed by atoms with Gasteiger partial charge in [-0.3, -0.25) is 0 Å². The molecule has 2 heterocycles. The second-order valence-corrected chi connectivity index (χ2v) is 5.62. The number of hydrogen-bond donors (Lipinski definition) is 0. The minimum absolute atomic E-state index is 0.415. The number of nitrogens with zero attached hydrogens (tertiary/aromatic N) is 3. The van der Waals surface area contributed by atoms with Gasteiger partial charge in [0.05, 0.1) is 15.9 Å². The van der Waals surface area contributed by atoms with Gasteiger partial charge in [0.2, 0.25) is 0 Å². The molecular weight excluding hydrogens is 373 g/mol. The summed E-state index contributed by atoms with van der Waals surface area (Å²) < 4.78 is 5.91. The zero-order chi connectivity index (χ0) is 12.4. The standard InChI is InChI=1S/C10H9ClIN3OS/c1-5-4-17-10(13-5)9-14-6(3-16-2)7(12)8(11)15-9/h4H,3H2,1-2H3. The summed E-state index contributed by atoms with van der Waals surface area (Å²) in [5, 5.41) is 3.18. The van der Waals surface area contributed by atoms with Crippen LogP contribution < -0.4 is 0 Å². The molecule has 0 spiro atoms. The molecule has 0 atom stereocenters. The van der Waals surface area contributed by atoms with E-state index in [-0.39, 0.29) is 0 Å². The van der Waals surface area contributed by atoms with Crippen LogP contribution in [0.15, 0.2) is 5.38 Å². The number of hydrogen-bond acceptors (Lipinski definition) is 5. The minimum Gasteiger partial charge on any atom is -0.378 e. The monoisotopic (exact) mass is 381 g/mol. The van der Waals surface area contributed by atoms with E-state index in [1.807, 2.05) is 12.3 Å². The summed E-state index contributed by atoms with van der Waals surface area (Å²) in [5.41, 5.74) is 1.74. The van der Waals surface area contributed by atoms with Crippen LogP contribution >= 0.6 is 45.5 Å². The van der Waals surface area contributed by atoms with Crippen LogP contribution in [0, 0.1) is 10.5 Å². The number of thiazole rings is 1. The van der Waals surface area contributed by atoms with Crippen molar-refractivity contribution in [3.63, 3.8) is 0 Å². The maximum Gasteiger partial charge on any atom is 0.190 e. The number of halogens is 2. The molecule has 2 aromatic rings. The Kier molecular flexibility index (Phi) is 4.29. The first-order chi connectivity index (χ1) is 8.11. The minimum atomic E-state index is 0.415. The average Bonchev–Trinajstić information content (AvgIpc) is 2.71. The van der Waals surface area contributed by atoms with Gasteiger partial charge in [0.25, 0.3) is 0 Å². The summed E-state index contributed by atoms with van der Waals surface area (Å²) in [7, 11) is 1.62.